The molecule has 0 atom stereocenters. The summed E-state index contributed by atoms with van der Waals surface area (Å²) in [5.74, 6) is 0.515. The molecule has 0 bridgehead atoms. The van der Waals surface area contributed by atoms with E-state index in [4.69, 9.17) is 4.52 Å². The van der Waals surface area contributed by atoms with Gasteiger partial charge in [-0.05, 0) is 61.6 Å². The summed E-state index contributed by atoms with van der Waals surface area (Å²) in [5, 5.41) is 6.84. The zero-order valence-electron chi connectivity index (χ0n) is 18.9. The average Bonchev–Trinajstić information content (AvgIpc) is 3.63. The number of nitrogens with one attached hydrogen (secondary N) is 1. The monoisotopic (exact) mass is 465 g/mol. The highest BCUT2D eigenvalue weighted by Crippen LogP contribution is 2.32. The summed E-state index contributed by atoms with van der Waals surface area (Å²) < 4.78 is 33.0. The first kappa shape index (κ1) is 22.8. The van der Waals surface area contributed by atoms with Crippen molar-refractivity contribution in [2.75, 3.05) is 16.7 Å². The SMILES string of the molecule is CCc1ccccc1N(C)S(=O)(=O)c1ccc(C=Cc2onc(C)c2NC(=O)C2CC2)cc1. The minimum absolute atomic E-state index is 0.0146. The molecule has 33 heavy (non-hydrogen) atoms. The van der Waals surface area contributed by atoms with E-state index in [0.29, 0.717) is 22.8 Å². The molecule has 0 radical (unpaired) electrons. The zero-order chi connectivity index (χ0) is 23.6. The van der Waals surface area contributed by atoms with Crippen LogP contribution in [0.2, 0.25) is 0 Å². The summed E-state index contributed by atoms with van der Waals surface area (Å²) in [5.41, 5.74) is 3.61. The Morgan fingerprint density at radius 2 is 1.85 bits per heavy atom. The molecule has 1 amide bonds. The number of nitrogens with zero attached hydrogens (tertiary/aromatic N) is 2. The van der Waals surface area contributed by atoms with Crippen LogP contribution in [0.4, 0.5) is 11.4 Å². The number of benzene rings is 2. The fraction of sp³-hybridized carbons (Fsp3) is 0.280. The molecule has 0 spiro atoms. The summed E-state index contributed by atoms with van der Waals surface area (Å²) in [6.07, 6.45) is 6.07. The Balaban J connectivity index is 1.52. The number of anilines is 2. The van der Waals surface area contributed by atoms with Crippen LogP contribution in [0.5, 0.6) is 0 Å². The summed E-state index contributed by atoms with van der Waals surface area (Å²) in [6.45, 7) is 3.77. The van der Waals surface area contributed by atoms with E-state index in [9.17, 15) is 13.2 Å². The Morgan fingerprint density at radius 1 is 1.15 bits per heavy atom. The van der Waals surface area contributed by atoms with Crippen molar-refractivity contribution in [2.24, 2.45) is 5.92 Å². The van der Waals surface area contributed by atoms with Crippen LogP contribution in [0.3, 0.4) is 0 Å². The Kier molecular flexibility index (Phi) is 6.37. The second-order valence-corrected chi connectivity index (χ2v) is 10.1. The maximum absolute atomic E-state index is 13.1. The molecule has 1 aromatic heterocycles. The summed E-state index contributed by atoms with van der Waals surface area (Å²) in [6, 6.07) is 14.1. The van der Waals surface area contributed by atoms with Gasteiger partial charge in [0.25, 0.3) is 10.0 Å². The fourth-order valence-corrected chi connectivity index (χ4v) is 4.78. The molecule has 172 valence electrons. The van der Waals surface area contributed by atoms with Gasteiger partial charge in [0, 0.05) is 13.0 Å². The van der Waals surface area contributed by atoms with Crippen LogP contribution in [-0.2, 0) is 21.2 Å². The number of carbonyl (C=O) groups excluding carboxylic acids is 1. The van der Waals surface area contributed by atoms with Crippen LogP contribution in [-0.4, -0.2) is 26.5 Å². The van der Waals surface area contributed by atoms with Crippen molar-refractivity contribution >= 4 is 39.5 Å². The molecule has 1 saturated carbocycles. The first-order valence-corrected chi connectivity index (χ1v) is 12.4. The number of amides is 1. The molecule has 0 unspecified atom stereocenters. The molecule has 2 aromatic carbocycles. The van der Waals surface area contributed by atoms with Gasteiger partial charge in [0.1, 0.15) is 11.4 Å². The van der Waals surface area contributed by atoms with Crippen LogP contribution in [0.25, 0.3) is 12.2 Å². The minimum atomic E-state index is -3.69. The van der Waals surface area contributed by atoms with Crippen molar-refractivity contribution in [1.29, 1.82) is 0 Å². The van der Waals surface area contributed by atoms with E-state index in [1.807, 2.05) is 31.2 Å². The van der Waals surface area contributed by atoms with E-state index in [1.165, 1.54) is 4.31 Å². The Hall–Kier alpha value is -3.39. The van der Waals surface area contributed by atoms with Gasteiger partial charge < -0.3 is 9.84 Å². The number of para-hydroxylation sites is 1. The van der Waals surface area contributed by atoms with Crippen molar-refractivity contribution in [1.82, 2.24) is 5.16 Å². The van der Waals surface area contributed by atoms with Crippen molar-refractivity contribution in [3.63, 3.8) is 0 Å². The van der Waals surface area contributed by atoms with Crippen LogP contribution in [0.15, 0.2) is 57.9 Å². The minimum Gasteiger partial charge on any atom is -0.354 e. The number of rotatable bonds is 8. The number of hydrogen-bond acceptors (Lipinski definition) is 5. The van der Waals surface area contributed by atoms with Gasteiger partial charge in [-0.15, -0.1) is 0 Å². The van der Waals surface area contributed by atoms with E-state index in [1.54, 1.807) is 50.4 Å². The highest BCUT2D eigenvalue weighted by atomic mass is 32.2. The van der Waals surface area contributed by atoms with E-state index in [2.05, 4.69) is 10.5 Å². The molecule has 1 aliphatic carbocycles. The number of sulfonamides is 1. The van der Waals surface area contributed by atoms with Gasteiger partial charge >= 0.3 is 0 Å². The Bertz CT molecular complexity index is 1290. The van der Waals surface area contributed by atoms with Gasteiger partial charge in [-0.25, -0.2) is 8.42 Å². The summed E-state index contributed by atoms with van der Waals surface area (Å²) >= 11 is 0. The second-order valence-electron chi connectivity index (χ2n) is 8.13. The van der Waals surface area contributed by atoms with Crippen LogP contribution in [0, 0.1) is 12.8 Å². The molecule has 1 fully saturated rings. The third-order valence-electron chi connectivity index (χ3n) is 5.76. The second kappa shape index (κ2) is 9.23. The van der Waals surface area contributed by atoms with Crippen LogP contribution in [0.1, 0.15) is 42.3 Å². The van der Waals surface area contributed by atoms with Crippen LogP contribution >= 0.6 is 0 Å². The van der Waals surface area contributed by atoms with Crippen molar-refractivity contribution in [3.05, 3.63) is 71.1 Å². The maximum Gasteiger partial charge on any atom is 0.264 e. The molecular weight excluding hydrogens is 438 g/mol. The molecule has 0 aliphatic heterocycles. The number of aryl methyl sites for hydroxylation is 2. The number of aromatic nitrogens is 1. The van der Waals surface area contributed by atoms with Crippen molar-refractivity contribution < 1.29 is 17.7 Å². The molecule has 4 rings (SSSR count). The lowest BCUT2D eigenvalue weighted by molar-refractivity contribution is -0.117. The molecule has 3 aromatic rings. The number of carbonyl (C=O) groups is 1. The van der Waals surface area contributed by atoms with E-state index in [-0.39, 0.29) is 16.7 Å². The molecular formula is C25H27N3O4S. The fourth-order valence-electron chi connectivity index (χ4n) is 3.55. The maximum atomic E-state index is 13.1. The van der Waals surface area contributed by atoms with Gasteiger partial charge in [0.15, 0.2) is 5.76 Å². The zero-order valence-corrected chi connectivity index (χ0v) is 19.7. The van der Waals surface area contributed by atoms with E-state index in [0.717, 1.165) is 30.4 Å². The first-order valence-electron chi connectivity index (χ1n) is 10.9. The highest BCUT2D eigenvalue weighted by Gasteiger charge is 2.31. The van der Waals surface area contributed by atoms with Gasteiger partial charge in [-0.2, -0.15) is 0 Å². The normalized spacial score (nSPS) is 13.9. The third kappa shape index (κ3) is 4.85. The quantitative estimate of drug-likeness (QED) is 0.511. The number of hydrogen-bond donors (Lipinski definition) is 1. The molecule has 1 N–H and O–H groups in total. The smallest absolute Gasteiger partial charge is 0.264 e. The standard InChI is InChI=1S/C25H27N3O4S/c1-4-19-7-5-6-8-22(19)28(3)33(30,31)21-14-9-18(10-15-21)11-16-23-24(17(2)27-32-23)26-25(29)20-12-13-20/h5-11,14-16,20H,4,12-13H2,1-3H3,(H,26,29). The van der Waals surface area contributed by atoms with Gasteiger partial charge in [0.2, 0.25) is 5.91 Å². The summed E-state index contributed by atoms with van der Waals surface area (Å²) in [7, 11) is -2.12. The highest BCUT2D eigenvalue weighted by molar-refractivity contribution is 7.92. The lowest BCUT2D eigenvalue weighted by Gasteiger charge is -2.22. The third-order valence-corrected chi connectivity index (χ3v) is 7.55. The Morgan fingerprint density at radius 3 is 2.52 bits per heavy atom. The summed E-state index contributed by atoms with van der Waals surface area (Å²) in [4.78, 5) is 12.3. The van der Waals surface area contributed by atoms with Gasteiger partial charge in [-0.3, -0.25) is 9.10 Å². The lowest BCUT2D eigenvalue weighted by atomic mass is 10.1. The molecule has 1 aliphatic rings. The van der Waals surface area contributed by atoms with Crippen molar-refractivity contribution in [2.45, 2.75) is 38.0 Å². The topological polar surface area (TPSA) is 92.5 Å². The van der Waals surface area contributed by atoms with Crippen molar-refractivity contribution in [3.8, 4) is 0 Å². The van der Waals surface area contributed by atoms with E-state index < -0.39 is 10.0 Å². The molecule has 8 heteroatoms. The predicted molar refractivity (Wildman–Crippen MR) is 129 cm³/mol. The predicted octanol–water partition coefficient (Wildman–Crippen LogP) is 4.89. The average molecular weight is 466 g/mol. The van der Waals surface area contributed by atoms with Gasteiger partial charge in [0.05, 0.1) is 10.6 Å². The first-order chi connectivity index (χ1) is 15.8. The molecule has 1 heterocycles. The van der Waals surface area contributed by atoms with Crippen LogP contribution < -0.4 is 9.62 Å². The van der Waals surface area contributed by atoms with E-state index >= 15 is 0 Å². The molecule has 0 saturated heterocycles. The molecule has 7 nitrogen and oxygen atoms in total. The lowest BCUT2D eigenvalue weighted by Crippen LogP contribution is -2.27. The Labute approximate surface area is 194 Å². The van der Waals surface area contributed by atoms with Gasteiger partial charge in [-0.1, -0.05) is 48.5 Å². The largest absolute Gasteiger partial charge is 0.354 e.